The molecular weight excluding hydrogens is 322 g/mol. The topological polar surface area (TPSA) is 93.1 Å². The first-order chi connectivity index (χ1) is 11.0. The van der Waals surface area contributed by atoms with Crippen molar-refractivity contribution in [2.24, 2.45) is 0 Å². The Morgan fingerprint density at radius 1 is 1.13 bits per heavy atom. The average Bonchev–Trinajstić information content (AvgIpc) is 2.79. The van der Waals surface area contributed by atoms with Gasteiger partial charge in [0.25, 0.3) is 0 Å². The summed E-state index contributed by atoms with van der Waals surface area (Å²) in [5.41, 5.74) is 0. The molecule has 0 unspecified atom stereocenters. The highest BCUT2D eigenvalue weighted by atomic mass is 32.2. The Morgan fingerprint density at radius 3 is 2.61 bits per heavy atom. The number of sulfonamides is 1. The van der Waals surface area contributed by atoms with Crippen molar-refractivity contribution in [3.63, 3.8) is 0 Å². The fraction of sp³-hybridized carbons (Fsp3) is 0.533. The lowest BCUT2D eigenvalue weighted by atomic mass is 10.1. The summed E-state index contributed by atoms with van der Waals surface area (Å²) in [4.78, 5) is 11.4. The second-order valence-electron chi connectivity index (χ2n) is 5.62. The Balaban J connectivity index is 1.95. The maximum absolute atomic E-state index is 12.8. The molecular formula is C15H19NO6S. The van der Waals surface area contributed by atoms with Crippen molar-refractivity contribution in [2.45, 2.75) is 36.6 Å². The van der Waals surface area contributed by atoms with E-state index in [1.807, 2.05) is 0 Å². The van der Waals surface area contributed by atoms with Gasteiger partial charge in [0.2, 0.25) is 10.0 Å². The van der Waals surface area contributed by atoms with Gasteiger partial charge in [-0.05, 0) is 31.4 Å². The maximum atomic E-state index is 12.8. The zero-order valence-electron chi connectivity index (χ0n) is 12.6. The molecule has 126 valence electrons. The Labute approximate surface area is 134 Å². The van der Waals surface area contributed by atoms with Gasteiger partial charge in [0.05, 0.1) is 18.1 Å². The Bertz CT molecular complexity index is 702. The molecule has 0 aliphatic carbocycles. The number of hydrogen-bond acceptors (Lipinski definition) is 5. The molecule has 0 radical (unpaired) electrons. The van der Waals surface area contributed by atoms with E-state index in [0.717, 1.165) is 10.7 Å². The predicted molar refractivity (Wildman–Crippen MR) is 81.2 cm³/mol. The van der Waals surface area contributed by atoms with E-state index in [1.54, 1.807) is 6.07 Å². The molecule has 0 spiro atoms. The van der Waals surface area contributed by atoms with E-state index in [1.165, 1.54) is 12.1 Å². The monoisotopic (exact) mass is 341 g/mol. The number of piperidine rings is 1. The number of fused-ring (bicyclic) bond motifs is 1. The van der Waals surface area contributed by atoms with Gasteiger partial charge in [-0.1, -0.05) is 0 Å². The second-order valence-corrected chi connectivity index (χ2v) is 7.52. The van der Waals surface area contributed by atoms with E-state index in [9.17, 15) is 18.3 Å². The molecule has 1 saturated heterocycles. The van der Waals surface area contributed by atoms with Crippen molar-refractivity contribution in [3.8, 4) is 11.5 Å². The molecule has 0 bridgehead atoms. The summed E-state index contributed by atoms with van der Waals surface area (Å²) >= 11 is 0. The molecule has 7 nitrogen and oxygen atoms in total. The smallest absolute Gasteiger partial charge is 0.322 e. The SMILES string of the molecule is O=C(O)[C@@H]1CCCCN1S(=O)(=O)c1ccc2c(c1)OCCCO2. The highest BCUT2D eigenvalue weighted by Gasteiger charge is 2.38. The van der Waals surface area contributed by atoms with Crippen LogP contribution < -0.4 is 9.47 Å². The summed E-state index contributed by atoms with van der Waals surface area (Å²) in [6, 6.07) is 3.41. The molecule has 23 heavy (non-hydrogen) atoms. The lowest BCUT2D eigenvalue weighted by Crippen LogP contribution is -2.47. The largest absolute Gasteiger partial charge is 0.490 e. The number of nitrogens with zero attached hydrogens (tertiary/aromatic N) is 1. The van der Waals surface area contributed by atoms with Gasteiger partial charge in [0.15, 0.2) is 11.5 Å². The number of ether oxygens (including phenoxy) is 2. The number of benzene rings is 1. The van der Waals surface area contributed by atoms with Crippen LogP contribution in [0, 0.1) is 0 Å². The van der Waals surface area contributed by atoms with Crippen molar-refractivity contribution in [1.29, 1.82) is 0 Å². The van der Waals surface area contributed by atoms with Crippen LogP contribution >= 0.6 is 0 Å². The molecule has 2 aliphatic rings. The molecule has 0 amide bonds. The molecule has 1 aromatic rings. The standard InChI is InChI=1S/C15H19NO6S/c17-15(18)12-4-1-2-7-16(12)23(19,20)11-5-6-13-14(10-11)22-9-3-8-21-13/h5-6,10,12H,1-4,7-9H2,(H,17,18)/t12-/m0/s1. The van der Waals surface area contributed by atoms with Crippen LogP contribution in [-0.2, 0) is 14.8 Å². The zero-order valence-corrected chi connectivity index (χ0v) is 13.4. The quantitative estimate of drug-likeness (QED) is 0.895. The lowest BCUT2D eigenvalue weighted by molar-refractivity contribution is -0.142. The molecule has 3 rings (SSSR count). The average molecular weight is 341 g/mol. The van der Waals surface area contributed by atoms with Crippen LogP contribution in [0.3, 0.4) is 0 Å². The number of carboxylic acids is 1. The van der Waals surface area contributed by atoms with Crippen LogP contribution in [0.2, 0.25) is 0 Å². The van der Waals surface area contributed by atoms with Gasteiger partial charge in [0, 0.05) is 19.0 Å². The molecule has 1 aromatic carbocycles. The molecule has 1 N–H and O–H groups in total. The van der Waals surface area contributed by atoms with Gasteiger partial charge < -0.3 is 14.6 Å². The molecule has 8 heteroatoms. The Kier molecular flexibility index (Phi) is 4.45. The molecule has 1 atom stereocenters. The summed E-state index contributed by atoms with van der Waals surface area (Å²) in [7, 11) is -3.88. The predicted octanol–water partition coefficient (Wildman–Crippen LogP) is 1.48. The van der Waals surface area contributed by atoms with Gasteiger partial charge >= 0.3 is 5.97 Å². The van der Waals surface area contributed by atoms with Crippen LogP contribution in [0.25, 0.3) is 0 Å². The molecule has 1 fully saturated rings. The van der Waals surface area contributed by atoms with E-state index in [2.05, 4.69) is 0 Å². The Morgan fingerprint density at radius 2 is 1.87 bits per heavy atom. The van der Waals surface area contributed by atoms with Gasteiger partial charge in [-0.25, -0.2) is 8.42 Å². The van der Waals surface area contributed by atoms with E-state index in [0.29, 0.717) is 44.0 Å². The van der Waals surface area contributed by atoms with E-state index in [4.69, 9.17) is 9.47 Å². The van der Waals surface area contributed by atoms with Crippen molar-refractivity contribution < 1.29 is 27.8 Å². The number of carbonyl (C=O) groups is 1. The minimum absolute atomic E-state index is 0.0369. The maximum Gasteiger partial charge on any atom is 0.322 e. The van der Waals surface area contributed by atoms with E-state index >= 15 is 0 Å². The number of rotatable bonds is 3. The summed E-state index contributed by atoms with van der Waals surface area (Å²) < 4.78 is 37.8. The van der Waals surface area contributed by atoms with E-state index in [-0.39, 0.29) is 11.4 Å². The summed E-state index contributed by atoms with van der Waals surface area (Å²) in [5.74, 6) is -0.218. The molecule has 0 saturated carbocycles. The van der Waals surface area contributed by atoms with Crippen LogP contribution in [-0.4, -0.2) is 49.6 Å². The third kappa shape index (κ3) is 3.13. The molecule has 2 aliphatic heterocycles. The number of aliphatic carboxylic acids is 1. The highest BCUT2D eigenvalue weighted by molar-refractivity contribution is 7.89. The van der Waals surface area contributed by atoms with Crippen LogP contribution in [0.1, 0.15) is 25.7 Å². The minimum atomic E-state index is -3.88. The first-order valence-electron chi connectivity index (χ1n) is 7.64. The van der Waals surface area contributed by atoms with Gasteiger partial charge in [-0.2, -0.15) is 4.31 Å². The third-order valence-corrected chi connectivity index (χ3v) is 5.97. The highest BCUT2D eigenvalue weighted by Crippen LogP contribution is 2.34. The number of carboxylic acid groups (broad SMARTS) is 1. The normalized spacial score (nSPS) is 22.3. The Hall–Kier alpha value is -1.80. The van der Waals surface area contributed by atoms with E-state index < -0.39 is 22.0 Å². The van der Waals surface area contributed by atoms with Gasteiger partial charge in [-0.3, -0.25) is 4.79 Å². The van der Waals surface area contributed by atoms with Crippen LogP contribution in [0.5, 0.6) is 11.5 Å². The fourth-order valence-electron chi connectivity index (χ4n) is 2.88. The fourth-order valence-corrected chi connectivity index (χ4v) is 4.55. The van der Waals surface area contributed by atoms with Gasteiger partial charge in [-0.15, -0.1) is 0 Å². The third-order valence-electron chi connectivity index (χ3n) is 4.06. The first kappa shape index (κ1) is 16.1. The zero-order chi connectivity index (χ0) is 16.4. The van der Waals surface area contributed by atoms with Crippen molar-refractivity contribution in [1.82, 2.24) is 4.31 Å². The van der Waals surface area contributed by atoms with Crippen molar-refractivity contribution >= 4 is 16.0 Å². The first-order valence-corrected chi connectivity index (χ1v) is 9.08. The minimum Gasteiger partial charge on any atom is -0.490 e. The summed E-state index contributed by atoms with van der Waals surface area (Å²) in [5, 5.41) is 9.30. The van der Waals surface area contributed by atoms with Crippen LogP contribution in [0.15, 0.2) is 23.1 Å². The lowest BCUT2D eigenvalue weighted by Gasteiger charge is -2.31. The summed E-state index contributed by atoms with van der Waals surface area (Å²) in [6.45, 7) is 1.19. The summed E-state index contributed by atoms with van der Waals surface area (Å²) in [6.07, 6.45) is 2.43. The van der Waals surface area contributed by atoms with Crippen LogP contribution in [0.4, 0.5) is 0 Å². The van der Waals surface area contributed by atoms with Crippen molar-refractivity contribution in [3.05, 3.63) is 18.2 Å². The number of hydrogen-bond donors (Lipinski definition) is 1. The molecule has 2 heterocycles. The second kappa shape index (κ2) is 6.37. The molecule has 0 aromatic heterocycles. The van der Waals surface area contributed by atoms with Crippen molar-refractivity contribution in [2.75, 3.05) is 19.8 Å². The van der Waals surface area contributed by atoms with Gasteiger partial charge in [0.1, 0.15) is 6.04 Å².